The molecule has 0 heterocycles. The molecule has 0 radical (unpaired) electrons. The Hall–Kier alpha value is -3.42. The van der Waals surface area contributed by atoms with E-state index in [2.05, 4.69) is 5.32 Å². The summed E-state index contributed by atoms with van der Waals surface area (Å²) in [5.74, 6) is 0.309. The van der Waals surface area contributed by atoms with E-state index in [0.717, 1.165) is 11.3 Å². The smallest absolute Gasteiger partial charge is 0.269 e. The Bertz CT molecular complexity index is 819. The summed E-state index contributed by atoms with van der Waals surface area (Å²) in [7, 11) is 1.71. The van der Waals surface area contributed by atoms with Crippen molar-refractivity contribution in [2.24, 2.45) is 0 Å². The van der Waals surface area contributed by atoms with E-state index >= 15 is 0 Å². The topological polar surface area (TPSA) is 102 Å². The van der Waals surface area contributed by atoms with E-state index in [-0.39, 0.29) is 30.5 Å². The number of nitro groups is 1. The highest BCUT2D eigenvalue weighted by Gasteiger charge is 2.12. The zero-order valence-electron chi connectivity index (χ0n) is 15.9. The molecule has 0 saturated carbocycles. The molecule has 2 aromatic rings. The molecule has 8 heteroatoms. The standard InChI is InChI=1S/C20H23N3O5/c1-3-28-18-10-4-15(5-11-18)14-22(2)19(24)12-13-21-20(25)16-6-8-17(9-7-16)23(26)27/h4-11H,3,12-14H2,1-2H3,(H,21,25). The molecule has 8 nitrogen and oxygen atoms in total. The van der Waals surface area contributed by atoms with Crippen LogP contribution in [0, 0.1) is 10.1 Å². The lowest BCUT2D eigenvalue weighted by Gasteiger charge is -2.17. The number of amides is 2. The number of hydrogen-bond donors (Lipinski definition) is 1. The van der Waals surface area contributed by atoms with Crippen LogP contribution >= 0.6 is 0 Å². The maximum absolute atomic E-state index is 12.2. The summed E-state index contributed by atoms with van der Waals surface area (Å²) < 4.78 is 5.39. The van der Waals surface area contributed by atoms with Gasteiger partial charge in [-0.1, -0.05) is 12.1 Å². The van der Waals surface area contributed by atoms with E-state index in [9.17, 15) is 19.7 Å². The van der Waals surface area contributed by atoms with Crippen LogP contribution < -0.4 is 10.1 Å². The molecular weight excluding hydrogens is 362 g/mol. The number of carbonyl (C=O) groups excluding carboxylic acids is 2. The average molecular weight is 385 g/mol. The third-order valence-electron chi connectivity index (χ3n) is 4.04. The van der Waals surface area contributed by atoms with E-state index in [4.69, 9.17) is 4.74 Å². The Morgan fingerprint density at radius 1 is 1.11 bits per heavy atom. The van der Waals surface area contributed by atoms with Gasteiger partial charge in [0.25, 0.3) is 11.6 Å². The minimum atomic E-state index is -0.527. The van der Waals surface area contributed by atoms with Crippen LogP contribution in [0.5, 0.6) is 5.75 Å². The van der Waals surface area contributed by atoms with Crippen molar-refractivity contribution in [1.82, 2.24) is 10.2 Å². The first-order valence-corrected chi connectivity index (χ1v) is 8.89. The monoisotopic (exact) mass is 385 g/mol. The second-order valence-corrected chi connectivity index (χ2v) is 6.14. The van der Waals surface area contributed by atoms with Gasteiger partial charge in [0.15, 0.2) is 0 Å². The summed E-state index contributed by atoms with van der Waals surface area (Å²) in [6, 6.07) is 12.8. The molecular formula is C20H23N3O5. The zero-order valence-corrected chi connectivity index (χ0v) is 15.9. The second-order valence-electron chi connectivity index (χ2n) is 6.14. The Morgan fingerprint density at radius 2 is 1.75 bits per heavy atom. The largest absolute Gasteiger partial charge is 0.494 e. The third kappa shape index (κ3) is 6.08. The maximum Gasteiger partial charge on any atom is 0.269 e. The second kappa shape index (κ2) is 10.1. The molecule has 2 rings (SSSR count). The van der Waals surface area contributed by atoms with Gasteiger partial charge < -0.3 is 15.0 Å². The molecule has 0 bridgehead atoms. The lowest BCUT2D eigenvalue weighted by Crippen LogP contribution is -2.31. The number of benzene rings is 2. The van der Waals surface area contributed by atoms with Crippen LogP contribution in [0.25, 0.3) is 0 Å². The number of hydrogen-bond acceptors (Lipinski definition) is 5. The van der Waals surface area contributed by atoms with Crippen molar-refractivity contribution >= 4 is 17.5 Å². The van der Waals surface area contributed by atoms with Crippen LogP contribution in [0.2, 0.25) is 0 Å². The Morgan fingerprint density at radius 3 is 2.32 bits per heavy atom. The first-order valence-electron chi connectivity index (χ1n) is 8.89. The van der Waals surface area contributed by atoms with Crippen molar-refractivity contribution < 1.29 is 19.2 Å². The van der Waals surface area contributed by atoms with Gasteiger partial charge >= 0.3 is 0 Å². The lowest BCUT2D eigenvalue weighted by atomic mass is 10.2. The van der Waals surface area contributed by atoms with Crippen LogP contribution in [-0.2, 0) is 11.3 Å². The molecule has 2 aromatic carbocycles. The zero-order chi connectivity index (χ0) is 20.5. The molecule has 0 atom stereocenters. The fourth-order valence-electron chi connectivity index (χ4n) is 2.53. The van der Waals surface area contributed by atoms with Gasteiger partial charge in [-0.05, 0) is 36.8 Å². The molecule has 0 saturated heterocycles. The van der Waals surface area contributed by atoms with Crippen LogP contribution in [0.15, 0.2) is 48.5 Å². The van der Waals surface area contributed by atoms with Crippen molar-refractivity contribution in [3.8, 4) is 5.75 Å². The van der Waals surface area contributed by atoms with Crippen molar-refractivity contribution in [2.45, 2.75) is 19.9 Å². The number of nitro benzene ring substituents is 1. The quantitative estimate of drug-likeness (QED) is 0.528. The van der Waals surface area contributed by atoms with Crippen molar-refractivity contribution in [1.29, 1.82) is 0 Å². The van der Waals surface area contributed by atoms with Crippen LogP contribution in [0.3, 0.4) is 0 Å². The van der Waals surface area contributed by atoms with Gasteiger partial charge in [-0.15, -0.1) is 0 Å². The number of carbonyl (C=O) groups is 2. The molecule has 2 amide bonds. The Labute approximate surface area is 163 Å². The van der Waals surface area contributed by atoms with Gasteiger partial charge in [-0.2, -0.15) is 0 Å². The van der Waals surface area contributed by atoms with E-state index in [1.165, 1.54) is 24.3 Å². The van der Waals surface area contributed by atoms with Gasteiger partial charge in [-0.3, -0.25) is 19.7 Å². The number of nitrogens with zero attached hydrogens (tertiary/aromatic N) is 2. The summed E-state index contributed by atoms with van der Waals surface area (Å²) in [6.45, 7) is 3.16. The summed E-state index contributed by atoms with van der Waals surface area (Å²) in [6.07, 6.45) is 0.159. The predicted octanol–water partition coefficient (Wildman–Crippen LogP) is 2.77. The maximum atomic E-state index is 12.2. The SMILES string of the molecule is CCOc1ccc(CN(C)C(=O)CCNC(=O)c2ccc([N+](=O)[O-])cc2)cc1. The molecule has 0 unspecified atom stereocenters. The van der Waals surface area contributed by atoms with Crippen molar-refractivity contribution in [3.63, 3.8) is 0 Å². The Balaban J connectivity index is 1.77. The number of nitrogens with one attached hydrogen (secondary N) is 1. The van der Waals surface area contributed by atoms with Crippen LogP contribution in [0.1, 0.15) is 29.3 Å². The highest BCUT2D eigenvalue weighted by Crippen LogP contribution is 2.14. The highest BCUT2D eigenvalue weighted by atomic mass is 16.6. The van der Waals surface area contributed by atoms with Gasteiger partial charge in [0.2, 0.25) is 5.91 Å². The molecule has 0 aromatic heterocycles. The van der Waals surface area contributed by atoms with Gasteiger partial charge in [-0.25, -0.2) is 0 Å². The van der Waals surface area contributed by atoms with Gasteiger partial charge in [0, 0.05) is 44.3 Å². The van der Waals surface area contributed by atoms with E-state index in [0.29, 0.717) is 18.7 Å². The fourth-order valence-corrected chi connectivity index (χ4v) is 2.53. The first-order chi connectivity index (χ1) is 13.4. The predicted molar refractivity (Wildman–Crippen MR) is 104 cm³/mol. The summed E-state index contributed by atoms with van der Waals surface area (Å²) in [5, 5.41) is 13.3. The minimum absolute atomic E-state index is 0.0809. The molecule has 0 aliphatic rings. The highest BCUT2D eigenvalue weighted by molar-refractivity contribution is 5.94. The Kier molecular flexibility index (Phi) is 7.50. The fraction of sp³-hybridized carbons (Fsp3) is 0.300. The molecule has 0 aliphatic carbocycles. The molecule has 0 spiro atoms. The summed E-state index contributed by atoms with van der Waals surface area (Å²) in [4.78, 5) is 36.0. The number of non-ortho nitro benzene ring substituents is 1. The summed E-state index contributed by atoms with van der Waals surface area (Å²) in [5.41, 5.74) is 1.21. The van der Waals surface area contributed by atoms with E-state index < -0.39 is 4.92 Å². The molecule has 148 valence electrons. The number of rotatable bonds is 9. The summed E-state index contributed by atoms with van der Waals surface area (Å²) >= 11 is 0. The van der Waals surface area contributed by atoms with Gasteiger partial charge in [0.05, 0.1) is 11.5 Å². The minimum Gasteiger partial charge on any atom is -0.494 e. The van der Waals surface area contributed by atoms with Crippen molar-refractivity contribution in [2.75, 3.05) is 20.2 Å². The average Bonchev–Trinajstić information content (AvgIpc) is 2.69. The van der Waals surface area contributed by atoms with Gasteiger partial charge in [0.1, 0.15) is 5.75 Å². The normalized spacial score (nSPS) is 10.2. The molecule has 0 fully saturated rings. The first kappa shape index (κ1) is 20.9. The van der Waals surface area contributed by atoms with Crippen molar-refractivity contribution in [3.05, 3.63) is 69.8 Å². The number of ether oxygens (including phenoxy) is 1. The van der Waals surface area contributed by atoms with Crippen LogP contribution in [-0.4, -0.2) is 41.8 Å². The van der Waals surface area contributed by atoms with Crippen LogP contribution in [0.4, 0.5) is 5.69 Å². The third-order valence-corrected chi connectivity index (χ3v) is 4.04. The molecule has 0 aliphatic heterocycles. The van der Waals surface area contributed by atoms with E-state index in [1.807, 2.05) is 31.2 Å². The molecule has 28 heavy (non-hydrogen) atoms. The lowest BCUT2D eigenvalue weighted by molar-refractivity contribution is -0.384. The molecule has 1 N–H and O–H groups in total. The van der Waals surface area contributed by atoms with E-state index in [1.54, 1.807) is 11.9 Å².